The lowest BCUT2D eigenvalue weighted by Crippen LogP contribution is -2.53. The molecule has 0 N–H and O–H groups in total. The van der Waals surface area contributed by atoms with E-state index in [2.05, 4.69) is 40.3 Å². The Bertz CT molecular complexity index is 559. The standard InChI is InChI=1S/C27H48S2/c1-18(8-9-20(17-28)19(2)29)23-12-13-24-22-11-10-21-7-5-6-15-26(21,3)25(22)14-16-27(23,24)4/h18-25,28-29H,5-17H2,1-4H3. The van der Waals surface area contributed by atoms with Crippen molar-refractivity contribution in [2.75, 3.05) is 5.75 Å². The molecule has 4 fully saturated rings. The normalized spacial score (nSPS) is 47.6. The van der Waals surface area contributed by atoms with Crippen LogP contribution in [0.2, 0.25) is 0 Å². The predicted octanol–water partition coefficient (Wildman–Crippen LogP) is 8.32. The van der Waals surface area contributed by atoms with Crippen LogP contribution < -0.4 is 0 Å². The maximum atomic E-state index is 4.72. The number of fused-ring (bicyclic) bond motifs is 5. The van der Waals surface area contributed by atoms with Gasteiger partial charge in [-0.3, -0.25) is 0 Å². The molecule has 0 nitrogen and oxygen atoms in total. The van der Waals surface area contributed by atoms with Gasteiger partial charge < -0.3 is 0 Å². The summed E-state index contributed by atoms with van der Waals surface area (Å²) in [5, 5.41) is 0.480. The molecule has 4 rings (SSSR count). The Morgan fingerprint density at radius 3 is 2.31 bits per heavy atom. The minimum Gasteiger partial charge on any atom is -0.179 e. The maximum absolute atomic E-state index is 4.72. The van der Waals surface area contributed by atoms with E-state index in [1.54, 1.807) is 19.3 Å². The quantitative estimate of drug-likeness (QED) is 0.384. The first kappa shape index (κ1) is 22.9. The highest BCUT2D eigenvalue weighted by Crippen LogP contribution is 2.68. The lowest BCUT2D eigenvalue weighted by atomic mass is 9.44. The Morgan fingerprint density at radius 1 is 0.828 bits per heavy atom. The molecule has 10 atom stereocenters. The molecule has 0 aromatic rings. The molecule has 2 heteroatoms. The van der Waals surface area contributed by atoms with E-state index >= 15 is 0 Å². The highest BCUT2D eigenvalue weighted by atomic mass is 32.1. The van der Waals surface area contributed by atoms with E-state index in [1.165, 1.54) is 57.8 Å². The molecule has 0 saturated heterocycles. The Kier molecular flexibility index (Phi) is 7.03. The molecule has 0 radical (unpaired) electrons. The van der Waals surface area contributed by atoms with Crippen molar-refractivity contribution in [1.29, 1.82) is 0 Å². The molecule has 168 valence electrons. The van der Waals surface area contributed by atoms with E-state index in [4.69, 9.17) is 12.6 Å². The highest BCUT2D eigenvalue weighted by Gasteiger charge is 2.60. The van der Waals surface area contributed by atoms with Gasteiger partial charge >= 0.3 is 0 Å². The predicted molar refractivity (Wildman–Crippen MR) is 134 cm³/mol. The van der Waals surface area contributed by atoms with Crippen molar-refractivity contribution in [1.82, 2.24) is 0 Å². The van der Waals surface area contributed by atoms with Gasteiger partial charge in [-0.1, -0.05) is 47.0 Å². The molecule has 0 heterocycles. The minimum atomic E-state index is 0.480. The number of hydrogen-bond acceptors (Lipinski definition) is 2. The van der Waals surface area contributed by atoms with E-state index in [0.717, 1.165) is 41.3 Å². The summed E-state index contributed by atoms with van der Waals surface area (Å²) in [6.45, 7) is 10.3. The van der Waals surface area contributed by atoms with Crippen molar-refractivity contribution in [3.8, 4) is 0 Å². The Labute approximate surface area is 193 Å². The summed E-state index contributed by atoms with van der Waals surface area (Å²) in [6, 6.07) is 0. The van der Waals surface area contributed by atoms with Gasteiger partial charge in [0.1, 0.15) is 0 Å². The first-order chi connectivity index (χ1) is 13.8. The van der Waals surface area contributed by atoms with Gasteiger partial charge in [-0.2, -0.15) is 25.3 Å². The Balaban J connectivity index is 1.45. The summed E-state index contributed by atoms with van der Waals surface area (Å²) in [5.74, 6) is 7.67. The molecule has 10 unspecified atom stereocenters. The first-order valence-corrected chi connectivity index (χ1v) is 14.2. The molecule has 0 aliphatic heterocycles. The molecular formula is C27H48S2. The van der Waals surface area contributed by atoms with E-state index in [-0.39, 0.29) is 0 Å². The van der Waals surface area contributed by atoms with Crippen LogP contribution in [0.5, 0.6) is 0 Å². The molecule has 4 aliphatic rings. The van der Waals surface area contributed by atoms with Crippen LogP contribution in [0.4, 0.5) is 0 Å². The molecule has 0 aromatic carbocycles. The van der Waals surface area contributed by atoms with Gasteiger partial charge in [0.05, 0.1) is 0 Å². The van der Waals surface area contributed by atoms with E-state index in [0.29, 0.717) is 22.0 Å². The van der Waals surface area contributed by atoms with E-state index in [9.17, 15) is 0 Å². The monoisotopic (exact) mass is 436 g/mol. The summed E-state index contributed by atoms with van der Waals surface area (Å²) in [4.78, 5) is 0. The van der Waals surface area contributed by atoms with Gasteiger partial charge in [-0.05, 0) is 116 Å². The number of rotatable bonds is 6. The fourth-order valence-electron chi connectivity index (χ4n) is 9.43. The fraction of sp³-hybridized carbons (Fsp3) is 1.00. The third-order valence-corrected chi connectivity index (χ3v) is 12.1. The molecule has 29 heavy (non-hydrogen) atoms. The van der Waals surface area contributed by atoms with Gasteiger partial charge in [0, 0.05) is 5.25 Å². The van der Waals surface area contributed by atoms with Crippen LogP contribution in [0.1, 0.15) is 105 Å². The van der Waals surface area contributed by atoms with Gasteiger partial charge in [0.2, 0.25) is 0 Å². The second kappa shape index (κ2) is 8.92. The average Bonchev–Trinajstić information content (AvgIpc) is 3.05. The van der Waals surface area contributed by atoms with Crippen LogP contribution >= 0.6 is 25.3 Å². The second-order valence-corrected chi connectivity index (χ2v) is 13.5. The zero-order valence-corrected chi connectivity index (χ0v) is 21.5. The van der Waals surface area contributed by atoms with Crippen LogP contribution in [0, 0.1) is 52.3 Å². The van der Waals surface area contributed by atoms with Gasteiger partial charge in [0.15, 0.2) is 0 Å². The molecule has 0 spiro atoms. The molecule has 4 aliphatic carbocycles. The third-order valence-electron chi connectivity index (χ3n) is 11.3. The van der Waals surface area contributed by atoms with E-state index in [1.807, 2.05) is 0 Å². The zero-order valence-electron chi connectivity index (χ0n) is 19.7. The fourth-order valence-corrected chi connectivity index (χ4v) is 10.4. The summed E-state index contributed by atoms with van der Waals surface area (Å²) >= 11 is 9.33. The topological polar surface area (TPSA) is 0 Å². The Morgan fingerprint density at radius 2 is 1.59 bits per heavy atom. The maximum Gasteiger partial charge on any atom is 0.00245 e. The van der Waals surface area contributed by atoms with Crippen molar-refractivity contribution >= 4 is 25.3 Å². The third kappa shape index (κ3) is 3.98. The van der Waals surface area contributed by atoms with Crippen LogP contribution in [0.3, 0.4) is 0 Å². The van der Waals surface area contributed by atoms with Crippen LogP contribution in [-0.2, 0) is 0 Å². The molecular weight excluding hydrogens is 388 g/mol. The lowest BCUT2D eigenvalue weighted by molar-refractivity contribution is -0.114. The van der Waals surface area contributed by atoms with Gasteiger partial charge in [0.25, 0.3) is 0 Å². The first-order valence-electron chi connectivity index (χ1n) is 13.1. The summed E-state index contributed by atoms with van der Waals surface area (Å²) in [6.07, 6.45) is 18.0. The minimum absolute atomic E-state index is 0.480. The second-order valence-electron chi connectivity index (χ2n) is 12.4. The van der Waals surface area contributed by atoms with Crippen LogP contribution in [0.25, 0.3) is 0 Å². The van der Waals surface area contributed by atoms with E-state index < -0.39 is 0 Å². The smallest absolute Gasteiger partial charge is 0.00245 e. The lowest BCUT2D eigenvalue weighted by Gasteiger charge is -2.61. The number of thiol groups is 2. The molecule has 0 aromatic heterocycles. The van der Waals surface area contributed by atoms with Crippen LogP contribution in [-0.4, -0.2) is 11.0 Å². The van der Waals surface area contributed by atoms with Gasteiger partial charge in [-0.15, -0.1) is 0 Å². The average molecular weight is 437 g/mol. The highest BCUT2D eigenvalue weighted by molar-refractivity contribution is 7.81. The summed E-state index contributed by atoms with van der Waals surface area (Å²) in [7, 11) is 0. The molecule has 0 bridgehead atoms. The van der Waals surface area contributed by atoms with Crippen molar-refractivity contribution in [3.05, 3.63) is 0 Å². The van der Waals surface area contributed by atoms with Crippen molar-refractivity contribution in [2.45, 2.75) is 110 Å². The summed E-state index contributed by atoms with van der Waals surface area (Å²) in [5.41, 5.74) is 1.32. The van der Waals surface area contributed by atoms with Crippen molar-refractivity contribution in [2.24, 2.45) is 52.3 Å². The SMILES string of the molecule is CC(S)C(CS)CCC(C)C1CCC2C3CCC4CCCCC4(C)C3CCC12C. The molecule has 4 saturated carbocycles. The van der Waals surface area contributed by atoms with Crippen molar-refractivity contribution < 1.29 is 0 Å². The zero-order chi connectivity index (χ0) is 20.8. The summed E-state index contributed by atoms with van der Waals surface area (Å²) < 4.78 is 0. The van der Waals surface area contributed by atoms with Crippen LogP contribution in [0.15, 0.2) is 0 Å². The van der Waals surface area contributed by atoms with Crippen molar-refractivity contribution in [3.63, 3.8) is 0 Å². The number of hydrogen-bond donors (Lipinski definition) is 2. The largest absolute Gasteiger partial charge is 0.179 e. The van der Waals surface area contributed by atoms with Gasteiger partial charge in [-0.25, -0.2) is 0 Å². The Hall–Kier alpha value is 0.700. The molecule has 0 amide bonds.